The highest BCUT2D eigenvalue weighted by molar-refractivity contribution is 7.99. The van der Waals surface area contributed by atoms with Crippen LogP contribution in [0.4, 0.5) is 5.69 Å². The lowest BCUT2D eigenvalue weighted by Crippen LogP contribution is -1.98. The van der Waals surface area contributed by atoms with Crippen molar-refractivity contribution in [2.24, 2.45) is 0 Å². The summed E-state index contributed by atoms with van der Waals surface area (Å²) in [6.07, 6.45) is 0. The van der Waals surface area contributed by atoms with Crippen LogP contribution in [0.5, 0.6) is 0 Å². The molecule has 1 rings (SSSR count). The van der Waals surface area contributed by atoms with Crippen molar-refractivity contribution in [1.29, 1.82) is 0 Å². The molecule has 5 heteroatoms. The summed E-state index contributed by atoms with van der Waals surface area (Å²) < 4.78 is 0. The van der Waals surface area contributed by atoms with Crippen molar-refractivity contribution in [3.63, 3.8) is 0 Å². The fourth-order valence-corrected chi connectivity index (χ4v) is 2.02. The number of benzene rings is 1. The quantitative estimate of drug-likeness (QED) is 0.342. The average Bonchev–Trinajstić information content (AvgIpc) is 2.18. The molecule has 0 heterocycles. The van der Waals surface area contributed by atoms with Gasteiger partial charge in [0.15, 0.2) is 5.78 Å². The maximum Gasteiger partial charge on any atom is 0.270 e. The molecule has 1 aromatic carbocycles. The molecule has 0 fully saturated rings. The van der Waals surface area contributed by atoms with Crippen molar-refractivity contribution in [3.05, 3.63) is 33.9 Å². The van der Waals surface area contributed by atoms with E-state index in [1.54, 1.807) is 6.07 Å². The van der Waals surface area contributed by atoms with Gasteiger partial charge in [0.05, 0.1) is 4.92 Å². The van der Waals surface area contributed by atoms with Crippen LogP contribution >= 0.6 is 11.8 Å². The van der Waals surface area contributed by atoms with Gasteiger partial charge in [-0.05, 0) is 18.7 Å². The highest BCUT2D eigenvalue weighted by Crippen LogP contribution is 2.26. The van der Waals surface area contributed by atoms with Crippen LogP contribution in [0.25, 0.3) is 0 Å². The predicted octanol–water partition coefficient (Wildman–Crippen LogP) is 2.91. The molecule has 0 aliphatic rings. The lowest BCUT2D eigenvalue weighted by molar-refractivity contribution is -0.384. The molecule has 0 saturated carbocycles. The Balaban J connectivity index is 3.20. The van der Waals surface area contributed by atoms with Gasteiger partial charge in [-0.15, -0.1) is 11.8 Å². The van der Waals surface area contributed by atoms with Gasteiger partial charge in [0, 0.05) is 22.6 Å². The number of Topliss-reactive ketones (excluding diaryl/α,β-unsaturated/α-hetero) is 1. The maximum atomic E-state index is 11.3. The number of hydrogen-bond acceptors (Lipinski definition) is 4. The van der Waals surface area contributed by atoms with E-state index in [-0.39, 0.29) is 11.5 Å². The first-order valence-corrected chi connectivity index (χ1v) is 5.47. The number of rotatable bonds is 4. The van der Waals surface area contributed by atoms with Crippen LogP contribution in [0.3, 0.4) is 0 Å². The Morgan fingerprint density at radius 3 is 2.67 bits per heavy atom. The third-order valence-electron chi connectivity index (χ3n) is 1.85. The van der Waals surface area contributed by atoms with E-state index in [0.717, 1.165) is 10.6 Å². The largest absolute Gasteiger partial charge is 0.294 e. The Hall–Kier alpha value is -1.36. The van der Waals surface area contributed by atoms with E-state index >= 15 is 0 Å². The van der Waals surface area contributed by atoms with Crippen LogP contribution in [0.1, 0.15) is 24.2 Å². The van der Waals surface area contributed by atoms with Crippen LogP contribution in [0.15, 0.2) is 23.1 Å². The van der Waals surface area contributed by atoms with Crippen molar-refractivity contribution >= 4 is 23.2 Å². The summed E-state index contributed by atoms with van der Waals surface area (Å²) in [4.78, 5) is 22.1. The number of carbonyl (C=O) groups is 1. The second kappa shape index (κ2) is 4.93. The van der Waals surface area contributed by atoms with Crippen molar-refractivity contribution in [1.82, 2.24) is 0 Å². The summed E-state index contributed by atoms with van der Waals surface area (Å²) in [5, 5.41) is 10.5. The summed E-state index contributed by atoms with van der Waals surface area (Å²) >= 11 is 1.51. The Morgan fingerprint density at radius 2 is 2.20 bits per heavy atom. The molecule has 0 radical (unpaired) electrons. The summed E-state index contributed by atoms with van der Waals surface area (Å²) in [5.41, 5.74) is 0.386. The summed E-state index contributed by atoms with van der Waals surface area (Å²) in [6, 6.07) is 4.38. The van der Waals surface area contributed by atoms with E-state index in [1.807, 2.05) is 6.92 Å². The van der Waals surface area contributed by atoms with Crippen LogP contribution in [-0.2, 0) is 0 Å². The van der Waals surface area contributed by atoms with Gasteiger partial charge >= 0.3 is 0 Å². The Morgan fingerprint density at radius 1 is 1.53 bits per heavy atom. The van der Waals surface area contributed by atoms with Crippen molar-refractivity contribution in [2.75, 3.05) is 5.75 Å². The molecule has 15 heavy (non-hydrogen) atoms. The van der Waals surface area contributed by atoms with Gasteiger partial charge in [0.1, 0.15) is 0 Å². The molecule has 0 N–H and O–H groups in total. The van der Waals surface area contributed by atoms with Gasteiger partial charge in [0.2, 0.25) is 0 Å². The zero-order valence-corrected chi connectivity index (χ0v) is 9.34. The fourth-order valence-electron chi connectivity index (χ4n) is 1.19. The number of nitro groups is 1. The molecule has 0 saturated heterocycles. The summed E-state index contributed by atoms with van der Waals surface area (Å²) in [7, 11) is 0. The average molecular weight is 225 g/mol. The second-order valence-corrected chi connectivity index (χ2v) is 4.23. The van der Waals surface area contributed by atoms with E-state index in [0.29, 0.717) is 5.56 Å². The second-order valence-electron chi connectivity index (χ2n) is 2.93. The molecule has 4 nitrogen and oxygen atoms in total. The fraction of sp³-hybridized carbons (Fsp3) is 0.300. The molecule has 0 amide bonds. The number of hydrogen-bond donors (Lipinski definition) is 0. The molecule has 0 atom stereocenters. The molecular formula is C10H11NO3S. The number of carbonyl (C=O) groups excluding carboxylic acids is 1. The number of thioether (sulfide) groups is 1. The van der Waals surface area contributed by atoms with Crippen LogP contribution in [0, 0.1) is 10.1 Å². The van der Waals surface area contributed by atoms with Crippen molar-refractivity contribution < 1.29 is 9.72 Å². The number of nitrogens with zero attached hydrogens (tertiary/aromatic N) is 1. The topological polar surface area (TPSA) is 60.2 Å². The minimum absolute atomic E-state index is 0.0411. The van der Waals surface area contributed by atoms with E-state index in [9.17, 15) is 14.9 Å². The summed E-state index contributed by atoms with van der Waals surface area (Å²) in [5.74, 6) is 0.688. The first kappa shape index (κ1) is 11.7. The number of nitro benzene ring substituents is 1. The van der Waals surface area contributed by atoms with E-state index in [4.69, 9.17) is 0 Å². The zero-order valence-electron chi connectivity index (χ0n) is 8.52. The molecule has 0 spiro atoms. The van der Waals surface area contributed by atoms with Crippen LogP contribution in [0.2, 0.25) is 0 Å². The lowest BCUT2D eigenvalue weighted by Gasteiger charge is -2.04. The van der Waals surface area contributed by atoms with Crippen LogP contribution < -0.4 is 0 Å². The van der Waals surface area contributed by atoms with Crippen molar-refractivity contribution in [2.45, 2.75) is 18.7 Å². The highest BCUT2D eigenvalue weighted by atomic mass is 32.2. The Bertz CT molecular complexity index is 404. The highest BCUT2D eigenvalue weighted by Gasteiger charge is 2.13. The minimum atomic E-state index is -0.493. The first-order valence-electron chi connectivity index (χ1n) is 4.48. The molecule has 0 bridgehead atoms. The number of ketones is 1. The predicted molar refractivity (Wildman–Crippen MR) is 59.5 cm³/mol. The van der Waals surface area contributed by atoms with Gasteiger partial charge in [-0.1, -0.05) is 6.92 Å². The van der Waals surface area contributed by atoms with Gasteiger partial charge in [-0.25, -0.2) is 0 Å². The van der Waals surface area contributed by atoms with E-state index < -0.39 is 4.92 Å². The molecular weight excluding hydrogens is 214 g/mol. The minimum Gasteiger partial charge on any atom is -0.294 e. The van der Waals surface area contributed by atoms with E-state index in [1.165, 1.54) is 30.8 Å². The normalized spacial score (nSPS) is 10.0. The monoisotopic (exact) mass is 225 g/mol. The zero-order chi connectivity index (χ0) is 11.4. The molecule has 1 aromatic rings. The van der Waals surface area contributed by atoms with E-state index in [2.05, 4.69) is 0 Å². The molecule has 0 aliphatic carbocycles. The van der Waals surface area contributed by atoms with Gasteiger partial charge in [-0.2, -0.15) is 0 Å². The Labute approximate surface area is 91.8 Å². The standard InChI is InChI=1S/C10H11NO3S/c1-3-15-10-5-4-8(11(13)14)6-9(10)7(2)12/h4-6H,3H2,1-2H3. The van der Waals surface area contributed by atoms with Gasteiger partial charge in [-0.3, -0.25) is 14.9 Å². The molecule has 0 aliphatic heterocycles. The SMILES string of the molecule is CCSc1ccc([N+](=O)[O-])cc1C(C)=O. The lowest BCUT2D eigenvalue weighted by atomic mass is 10.1. The van der Waals surface area contributed by atoms with Gasteiger partial charge < -0.3 is 0 Å². The third kappa shape index (κ3) is 2.79. The summed E-state index contributed by atoms with van der Waals surface area (Å²) in [6.45, 7) is 3.38. The molecule has 0 unspecified atom stereocenters. The molecule has 0 aromatic heterocycles. The smallest absolute Gasteiger partial charge is 0.270 e. The third-order valence-corrected chi connectivity index (χ3v) is 2.81. The van der Waals surface area contributed by atoms with Crippen LogP contribution in [-0.4, -0.2) is 16.5 Å². The maximum absolute atomic E-state index is 11.3. The van der Waals surface area contributed by atoms with Gasteiger partial charge in [0.25, 0.3) is 5.69 Å². The number of non-ortho nitro benzene ring substituents is 1. The molecule has 80 valence electrons. The first-order chi connectivity index (χ1) is 7.06. The Kier molecular flexibility index (Phi) is 3.85. The van der Waals surface area contributed by atoms with Crippen molar-refractivity contribution in [3.8, 4) is 0 Å².